The first kappa shape index (κ1) is 17.0. The quantitative estimate of drug-likeness (QED) is 0.914. The molecule has 2 saturated heterocycles. The van der Waals surface area contributed by atoms with Gasteiger partial charge in [0.1, 0.15) is 0 Å². The molecule has 0 aliphatic carbocycles. The normalized spacial score (nSPS) is 25.0. The fourth-order valence-corrected chi connectivity index (χ4v) is 4.11. The van der Waals surface area contributed by atoms with Crippen molar-refractivity contribution in [2.45, 2.75) is 32.2 Å². The van der Waals surface area contributed by atoms with Crippen LogP contribution in [0.2, 0.25) is 0 Å². The van der Waals surface area contributed by atoms with Gasteiger partial charge in [-0.15, -0.1) is 0 Å². The molecule has 0 bridgehead atoms. The fraction of sp³-hybridized carbons (Fsp3) is 0.579. The number of nitrogens with zero attached hydrogens (tertiary/aromatic N) is 2. The summed E-state index contributed by atoms with van der Waals surface area (Å²) in [6.07, 6.45) is 3.82. The van der Waals surface area contributed by atoms with Crippen molar-refractivity contribution in [1.82, 2.24) is 15.1 Å². The van der Waals surface area contributed by atoms with Gasteiger partial charge in [-0.2, -0.15) is 0 Å². The second kappa shape index (κ2) is 7.34. The van der Waals surface area contributed by atoms with Crippen LogP contribution < -0.4 is 5.32 Å². The molecule has 130 valence electrons. The Hall–Kier alpha value is -1.88. The number of rotatable bonds is 4. The molecule has 0 saturated carbocycles. The molecule has 0 radical (unpaired) electrons. The van der Waals surface area contributed by atoms with Gasteiger partial charge in [0.2, 0.25) is 11.8 Å². The molecule has 5 heteroatoms. The SMILES string of the molecule is CNC(=O)CN1CCC[C@@]2(CCC(=O)N(Cc3ccccc3)C2)C1. The largest absolute Gasteiger partial charge is 0.358 e. The van der Waals surface area contributed by atoms with Gasteiger partial charge in [-0.1, -0.05) is 30.3 Å². The Morgan fingerprint density at radius 1 is 1.21 bits per heavy atom. The average Bonchev–Trinajstić information content (AvgIpc) is 2.59. The summed E-state index contributed by atoms with van der Waals surface area (Å²) in [6, 6.07) is 10.2. The van der Waals surface area contributed by atoms with Gasteiger partial charge in [0, 0.05) is 38.5 Å². The van der Waals surface area contributed by atoms with Crippen molar-refractivity contribution in [2.24, 2.45) is 5.41 Å². The van der Waals surface area contributed by atoms with Gasteiger partial charge in [0.05, 0.1) is 6.54 Å². The maximum absolute atomic E-state index is 12.4. The Balaban J connectivity index is 1.67. The molecule has 0 unspecified atom stereocenters. The maximum Gasteiger partial charge on any atom is 0.233 e. The Kier molecular flexibility index (Phi) is 5.19. The molecule has 1 atom stereocenters. The monoisotopic (exact) mass is 329 g/mol. The van der Waals surface area contributed by atoms with Crippen LogP contribution >= 0.6 is 0 Å². The smallest absolute Gasteiger partial charge is 0.233 e. The van der Waals surface area contributed by atoms with Crippen LogP contribution in [0.5, 0.6) is 0 Å². The predicted molar refractivity (Wildman–Crippen MR) is 93.3 cm³/mol. The van der Waals surface area contributed by atoms with E-state index in [9.17, 15) is 9.59 Å². The van der Waals surface area contributed by atoms with Crippen LogP contribution in [0.25, 0.3) is 0 Å². The summed E-state index contributed by atoms with van der Waals surface area (Å²) in [4.78, 5) is 28.3. The first-order valence-electron chi connectivity index (χ1n) is 8.85. The van der Waals surface area contributed by atoms with Crippen LogP contribution in [0.4, 0.5) is 0 Å². The van der Waals surface area contributed by atoms with Gasteiger partial charge >= 0.3 is 0 Å². The summed E-state index contributed by atoms with van der Waals surface area (Å²) in [7, 11) is 1.68. The van der Waals surface area contributed by atoms with Crippen LogP contribution in [-0.4, -0.2) is 54.8 Å². The second-order valence-electron chi connectivity index (χ2n) is 7.22. The summed E-state index contributed by atoms with van der Waals surface area (Å²) >= 11 is 0. The van der Waals surface area contributed by atoms with Gasteiger partial charge < -0.3 is 10.2 Å². The van der Waals surface area contributed by atoms with Crippen molar-refractivity contribution < 1.29 is 9.59 Å². The molecule has 2 aliphatic heterocycles. The summed E-state index contributed by atoms with van der Waals surface area (Å²) in [6.45, 7) is 3.85. The highest BCUT2D eigenvalue weighted by Crippen LogP contribution is 2.39. The zero-order valence-corrected chi connectivity index (χ0v) is 14.5. The molecule has 2 amide bonds. The van der Waals surface area contributed by atoms with E-state index in [-0.39, 0.29) is 17.2 Å². The second-order valence-corrected chi connectivity index (χ2v) is 7.22. The van der Waals surface area contributed by atoms with E-state index in [0.717, 1.165) is 38.9 Å². The summed E-state index contributed by atoms with van der Waals surface area (Å²) < 4.78 is 0. The van der Waals surface area contributed by atoms with E-state index in [0.29, 0.717) is 19.5 Å². The third kappa shape index (κ3) is 3.96. The minimum absolute atomic E-state index is 0.0695. The Labute approximate surface area is 144 Å². The zero-order valence-electron chi connectivity index (χ0n) is 14.5. The highest BCUT2D eigenvalue weighted by molar-refractivity contribution is 5.78. The van der Waals surface area contributed by atoms with Crippen LogP contribution in [0.3, 0.4) is 0 Å². The number of carbonyl (C=O) groups is 2. The van der Waals surface area contributed by atoms with Gasteiger partial charge in [-0.3, -0.25) is 14.5 Å². The highest BCUT2D eigenvalue weighted by atomic mass is 16.2. The maximum atomic E-state index is 12.4. The van der Waals surface area contributed by atoms with Crippen molar-refractivity contribution >= 4 is 11.8 Å². The predicted octanol–water partition coefficient (Wildman–Crippen LogP) is 1.64. The molecule has 2 fully saturated rings. The lowest BCUT2D eigenvalue weighted by atomic mass is 9.73. The molecular formula is C19H27N3O2. The minimum atomic E-state index is 0.0695. The van der Waals surface area contributed by atoms with E-state index in [1.165, 1.54) is 5.56 Å². The molecular weight excluding hydrogens is 302 g/mol. The lowest BCUT2D eigenvalue weighted by Gasteiger charge is -2.48. The number of carbonyl (C=O) groups excluding carboxylic acids is 2. The molecule has 0 aromatic heterocycles. The van der Waals surface area contributed by atoms with Gasteiger partial charge in [0.15, 0.2) is 0 Å². The Morgan fingerprint density at radius 2 is 2.00 bits per heavy atom. The van der Waals surface area contributed by atoms with Gasteiger partial charge in [0.25, 0.3) is 0 Å². The lowest BCUT2D eigenvalue weighted by molar-refractivity contribution is -0.141. The highest BCUT2D eigenvalue weighted by Gasteiger charge is 2.41. The number of likely N-dealkylation sites (N-methyl/N-ethyl adjacent to an activating group) is 1. The number of hydrogen-bond acceptors (Lipinski definition) is 3. The minimum Gasteiger partial charge on any atom is -0.358 e. The van der Waals surface area contributed by atoms with Crippen LogP contribution in [-0.2, 0) is 16.1 Å². The standard InChI is InChI=1S/C19H27N3O2/c1-20-17(23)13-21-11-5-9-19(14-21)10-8-18(24)22(15-19)12-16-6-3-2-4-7-16/h2-4,6-7H,5,8-15H2,1H3,(H,20,23)/t19-/m1/s1. The first-order chi connectivity index (χ1) is 11.6. The van der Waals surface area contributed by atoms with E-state index in [4.69, 9.17) is 0 Å². The van der Waals surface area contributed by atoms with Gasteiger partial charge in [-0.25, -0.2) is 0 Å². The lowest BCUT2D eigenvalue weighted by Crippen LogP contribution is -2.54. The topological polar surface area (TPSA) is 52.7 Å². The van der Waals surface area contributed by atoms with Crippen LogP contribution in [0.1, 0.15) is 31.2 Å². The first-order valence-corrected chi connectivity index (χ1v) is 8.85. The number of benzene rings is 1. The van der Waals surface area contributed by atoms with Crippen molar-refractivity contribution in [1.29, 1.82) is 0 Å². The van der Waals surface area contributed by atoms with Crippen molar-refractivity contribution in [2.75, 3.05) is 33.2 Å². The number of amides is 2. The summed E-state index contributed by atoms with van der Waals surface area (Å²) in [5.41, 5.74) is 1.33. The molecule has 2 aliphatic rings. The van der Waals surface area contributed by atoms with E-state index in [1.807, 2.05) is 23.1 Å². The molecule has 5 nitrogen and oxygen atoms in total. The Morgan fingerprint density at radius 3 is 2.75 bits per heavy atom. The molecule has 3 rings (SSSR count). The van der Waals surface area contributed by atoms with Gasteiger partial charge in [-0.05, 0) is 31.4 Å². The molecule has 24 heavy (non-hydrogen) atoms. The summed E-state index contributed by atoms with van der Waals surface area (Å²) in [5.74, 6) is 0.327. The average molecular weight is 329 g/mol. The van der Waals surface area contributed by atoms with E-state index in [2.05, 4.69) is 22.3 Å². The number of hydrogen-bond donors (Lipinski definition) is 1. The third-order valence-electron chi connectivity index (χ3n) is 5.35. The number of piperidine rings is 2. The summed E-state index contributed by atoms with van der Waals surface area (Å²) in [5, 5.41) is 2.71. The van der Waals surface area contributed by atoms with Crippen LogP contribution in [0.15, 0.2) is 30.3 Å². The van der Waals surface area contributed by atoms with Crippen LogP contribution in [0, 0.1) is 5.41 Å². The van der Waals surface area contributed by atoms with Crippen molar-refractivity contribution in [3.05, 3.63) is 35.9 Å². The third-order valence-corrected chi connectivity index (χ3v) is 5.35. The van der Waals surface area contributed by atoms with Crippen molar-refractivity contribution in [3.8, 4) is 0 Å². The van der Waals surface area contributed by atoms with E-state index < -0.39 is 0 Å². The number of likely N-dealkylation sites (tertiary alicyclic amines) is 2. The van der Waals surface area contributed by atoms with E-state index in [1.54, 1.807) is 7.05 Å². The molecule has 1 aromatic rings. The molecule has 1 spiro atoms. The Bertz CT molecular complexity index is 590. The fourth-order valence-electron chi connectivity index (χ4n) is 4.11. The molecule has 1 aromatic carbocycles. The van der Waals surface area contributed by atoms with E-state index >= 15 is 0 Å². The molecule has 2 heterocycles. The molecule has 1 N–H and O–H groups in total. The zero-order chi connectivity index (χ0) is 17.0. The van der Waals surface area contributed by atoms with Crippen molar-refractivity contribution in [3.63, 3.8) is 0 Å². The number of nitrogens with one attached hydrogen (secondary N) is 1.